The first-order valence-corrected chi connectivity index (χ1v) is 39.5. The smallest absolute Gasteiger partial charge is 0.323 e. The lowest BCUT2D eigenvalue weighted by molar-refractivity contribution is -0.158. The van der Waals surface area contributed by atoms with Crippen LogP contribution < -0.4 is 0 Å². The Morgan fingerprint density at radius 2 is 0.554 bits per heavy atom. The zero-order chi connectivity index (χ0) is 66.6. The first kappa shape index (κ1) is 87.8. The maximum absolute atomic E-state index is 14.6. The molecule has 0 aromatic heterocycles. The number of unbranched alkanes of at least 4 members (excludes halogenated alkanes) is 36. The number of hydrogen-bond acceptors (Lipinski definition) is 7. The zero-order valence-corrected chi connectivity index (χ0v) is 61.0. The predicted molar refractivity (Wildman–Crippen MR) is 401 cm³/mol. The molecule has 1 atom stereocenters. The standard InChI is InChI=1S/C85H147N3O4/c1-5-9-13-17-21-25-29-33-37-41-45-49-53-57-61-65-71-81(72-66-62-58-54-50-46-42-38-34-30-26-22-18-14-10-6-2)91-84(89)76-75-83(88(79-69-77-86)80-70-78-87)85(90)92-82(73-67-63-59-55-51-47-43-39-35-31-27-23-19-15-11-7-3)74-68-64-60-56-52-48-44-40-36-32-28-24-20-16-12-8-4/h21-28,33-40,81-83H,5-20,29-32,41-76,79-80H2,1-4H3/b25-21+,26-22+,27-23+,28-24+,37-33+,38-34+,39-35+,40-36+. The van der Waals surface area contributed by atoms with Crippen molar-refractivity contribution in [3.63, 3.8) is 0 Å². The molecule has 0 spiro atoms. The van der Waals surface area contributed by atoms with Crippen LogP contribution in [0.3, 0.4) is 0 Å². The van der Waals surface area contributed by atoms with E-state index in [0.717, 1.165) is 128 Å². The van der Waals surface area contributed by atoms with Crippen molar-refractivity contribution in [2.45, 2.75) is 406 Å². The minimum Gasteiger partial charge on any atom is -0.462 e. The number of allylic oxidation sites excluding steroid dienone is 16. The lowest BCUT2D eigenvalue weighted by Gasteiger charge is -2.30. The lowest BCUT2D eigenvalue weighted by Crippen LogP contribution is -2.44. The van der Waals surface area contributed by atoms with Crippen molar-refractivity contribution >= 4 is 11.9 Å². The summed E-state index contributed by atoms with van der Waals surface area (Å²) in [4.78, 5) is 30.6. The van der Waals surface area contributed by atoms with Crippen LogP contribution in [-0.4, -0.2) is 48.2 Å². The number of esters is 2. The molecule has 0 amide bonds. The van der Waals surface area contributed by atoms with Gasteiger partial charge < -0.3 is 9.47 Å². The van der Waals surface area contributed by atoms with Crippen LogP contribution in [0.2, 0.25) is 0 Å². The highest BCUT2D eigenvalue weighted by Crippen LogP contribution is 2.23. The molecule has 0 aliphatic carbocycles. The lowest BCUT2D eigenvalue weighted by atomic mass is 10.0. The molecule has 1 unspecified atom stereocenters. The Morgan fingerprint density at radius 3 is 0.815 bits per heavy atom. The van der Waals surface area contributed by atoms with Crippen LogP contribution in [-0.2, 0) is 19.1 Å². The van der Waals surface area contributed by atoms with E-state index in [9.17, 15) is 20.1 Å². The Hall–Kier alpha value is -4.20. The van der Waals surface area contributed by atoms with Gasteiger partial charge >= 0.3 is 11.9 Å². The Morgan fingerprint density at radius 1 is 0.315 bits per heavy atom. The monoisotopic (exact) mass is 1270 g/mol. The van der Waals surface area contributed by atoms with E-state index in [4.69, 9.17) is 9.47 Å². The summed E-state index contributed by atoms with van der Waals surface area (Å²) in [5.74, 6) is -0.578. The zero-order valence-electron chi connectivity index (χ0n) is 61.0. The number of ether oxygens (including phenoxy) is 2. The summed E-state index contributed by atoms with van der Waals surface area (Å²) in [5, 5.41) is 19.5. The maximum Gasteiger partial charge on any atom is 0.323 e. The highest BCUT2D eigenvalue weighted by molar-refractivity contribution is 5.77. The van der Waals surface area contributed by atoms with Crippen molar-refractivity contribution in [1.29, 1.82) is 10.5 Å². The highest BCUT2D eigenvalue weighted by Gasteiger charge is 2.30. The van der Waals surface area contributed by atoms with Gasteiger partial charge in [-0.05, 0) is 186 Å². The van der Waals surface area contributed by atoms with Gasteiger partial charge in [0.15, 0.2) is 0 Å². The molecule has 526 valence electrons. The number of carbonyl (C=O) groups is 2. The SMILES string of the molecule is CCCCC/C=C/C/C=C/CCCCCCCCC(CCCCCCCC/C=C/C/C=C/CCCCC)OC(=O)CCC(C(=O)OC(CCCCCCCC/C=C/C/C=C/CCCCC)CCCCCCCC/C=C/C/C=C/CCCCC)N(CCC#N)CCC#N. The van der Waals surface area contributed by atoms with Gasteiger partial charge in [0, 0.05) is 32.4 Å². The molecule has 7 heteroatoms. The van der Waals surface area contributed by atoms with Crippen molar-refractivity contribution < 1.29 is 19.1 Å². The molecular formula is C85H147N3O4. The molecular weight excluding hydrogens is 1130 g/mol. The average Bonchev–Trinajstić information content (AvgIpc) is 1.85. The van der Waals surface area contributed by atoms with E-state index in [1.807, 2.05) is 4.90 Å². The van der Waals surface area contributed by atoms with E-state index >= 15 is 0 Å². The number of carbonyl (C=O) groups excluding carboxylic acids is 2. The first-order valence-electron chi connectivity index (χ1n) is 39.5. The molecule has 92 heavy (non-hydrogen) atoms. The Balaban J connectivity index is 5.80. The maximum atomic E-state index is 14.6. The second kappa shape index (κ2) is 75.8. The van der Waals surface area contributed by atoms with E-state index in [0.29, 0.717) is 13.1 Å². The van der Waals surface area contributed by atoms with Crippen LogP contribution in [0.4, 0.5) is 0 Å². The minimum absolute atomic E-state index is 0.0991. The fourth-order valence-electron chi connectivity index (χ4n) is 12.0. The normalized spacial score (nSPS) is 12.7. The molecule has 0 N–H and O–H groups in total. The largest absolute Gasteiger partial charge is 0.462 e. The van der Waals surface area contributed by atoms with E-state index in [1.165, 1.54) is 205 Å². The number of nitriles is 2. The summed E-state index contributed by atoms with van der Waals surface area (Å²) < 4.78 is 12.9. The molecule has 0 rings (SSSR count). The summed E-state index contributed by atoms with van der Waals surface area (Å²) >= 11 is 0. The van der Waals surface area contributed by atoms with Crippen LogP contribution in [0.1, 0.15) is 387 Å². The third-order valence-electron chi connectivity index (χ3n) is 17.8. The third kappa shape index (κ3) is 65.8. The molecule has 0 aliphatic rings. The van der Waals surface area contributed by atoms with Crippen molar-refractivity contribution in [2.24, 2.45) is 0 Å². The van der Waals surface area contributed by atoms with Gasteiger partial charge in [-0.1, -0.05) is 279 Å². The summed E-state index contributed by atoms with van der Waals surface area (Å²) in [6, 6.07) is 3.81. The summed E-state index contributed by atoms with van der Waals surface area (Å²) in [6.07, 6.45) is 98.4. The number of nitrogens with zero attached hydrogens (tertiary/aromatic N) is 3. The van der Waals surface area contributed by atoms with Crippen LogP contribution in [0.5, 0.6) is 0 Å². The van der Waals surface area contributed by atoms with Crippen molar-refractivity contribution in [1.82, 2.24) is 4.90 Å². The van der Waals surface area contributed by atoms with Crippen LogP contribution in [0, 0.1) is 22.7 Å². The van der Waals surface area contributed by atoms with E-state index < -0.39 is 6.04 Å². The second-order valence-electron chi connectivity index (χ2n) is 26.6. The molecule has 0 aromatic carbocycles. The molecule has 0 heterocycles. The van der Waals surface area contributed by atoms with Crippen LogP contribution in [0.15, 0.2) is 97.2 Å². The molecule has 0 radical (unpaired) electrons. The number of rotatable bonds is 71. The van der Waals surface area contributed by atoms with Crippen molar-refractivity contribution in [3.8, 4) is 12.1 Å². The fourth-order valence-corrected chi connectivity index (χ4v) is 12.0. The molecule has 0 saturated carbocycles. The van der Waals surface area contributed by atoms with E-state index in [-0.39, 0.29) is 49.8 Å². The first-order chi connectivity index (χ1) is 45.5. The van der Waals surface area contributed by atoms with Gasteiger partial charge in [0.25, 0.3) is 0 Å². The van der Waals surface area contributed by atoms with E-state index in [1.54, 1.807) is 0 Å². The van der Waals surface area contributed by atoms with Crippen molar-refractivity contribution in [3.05, 3.63) is 97.2 Å². The fraction of sp³-hybridized carbons (Fsp3) is 0.765. The Bertz CT molecular complexity index is 1800. The summed E-state index contributed by atoms with van der Waals surface area (Å²) in [7, 11) is 0. The summed E-state index contributed by atoms with van der Waals surface area (Å²) in [5.41, 5.74) is 0. The highest BCUT2D eigenvalue weighted by atomic mass is 16.5. The molecule has 7 nitrogen and oxygen atoms in total. The molecule has 0 fully saturated rings. The predicted octanol–water partition coefficient (Wildman–Crippen LogP) is 26.9. The van der Waals surface area contributed by atoms with Gasteiger partial charge in [-0.2, -0.15) is 10.5 Å². The average molecular weight is 1280 g/mol. The quantitative estimate of drug-likeness (QED) is 0.0339. The van der Waals surface area contributed by atoms with Gasteiger partial charge in [-0.15, -0.1) is 0 Å². The topological polar surface area (TPSA) is 103 Å². The Labute approximate surface area is 571 Å². The Kier molecular flexibility index (Phi) is 72.4. The molecule has 0 bridgehead atoms. The van der Waals surface area contributed by atoms with Gasteiger partial charge in [0.05, 0.1) is 12.1 Å². The minimum atomic E-state index is -0.725. The number of hydrogen-bond donors (Lipinski definition) is 0. The van der Waals surface area contributed by atoms with Crippen LogP contribution in [0.25, 0.3) is 0 Å². The van der Waals surface area contributed by atoms with Gasteiger partial charge in [-0.3, -0.25) is 14.5 Å². The van der Waals surface area contributed by atoms with Gasteiger partial charge in [0.2, 0.25) is 0 Å². The van der Waals surface area contributed by atoms with E-state index in [2.05, 4.69) is 137 Å². The summed E-state index contributed by atoms with van der Waals surface area (Å²) in [6.45, 7) is 9.72. The third-order valence-corrected chi connectivity index (χ3v) is 17.8. The van der Waals surface area contributed by atoms with Gasteiger partial charge in [0.1, 0.15) is 18.2 Å². The molecule has 0 aliphatic heterocycles. The molecule has 0 aromatic rings. The van der Waals surface area contributed by atoms with Crippen molar-refractivity contribution in [2.75, 3.05) is 13.1 Å². The molecule has 0 saturated heterocycles. The second-order valence-corrected chi connectivity index (χ2v) is 26.6. The van der Waals surface area contributed by atoms with Crippen LogP contribution >= 0.6 is 0 Å². The van der Waals surface area contributed by atoms with Gasteiger partial charge in [-0.25, -0.2) is 0 Å².